The molecule has 0 saturated heterocycles. The van der Waals surface area contributed by atoms with Gasteiger partial charge in [0.25, 0.3) is 5.95 Å². The maximum absolute atomic E-state index is 12.5. The number of nitrogen functional groups attached to an aromatic ring is 1. The molecule has 0 unspecified atom stereocenters. The number of methoxy groups -OCH3 is 1. The largest absolute Gasteiger partial charge is 0.504 e. The Hall–Kier alpha value is -4.25. The molecule has 0 bridgehead atoms. The Morgan fingerprint density at radius 3 is 2.85 bits per heavy atom. The number of fused-ring (bicyclic) bond motifs is 1. The number of phenolic OH excluding ortho intramolecular Hbond substituents is 1. The maximum atomic E-state index is 12.5. The van der Waals surface area contributed by atoms with E-state index in [1.165, 1.54) is 24.1 Å². The Labute approximate surface area is 193 Å². The summed E-state index contributed by atoms with van der Waals surface area (Å²) in [5.41, 5.74) is 4.07. The van der Waals surface area contributed by atoms with E-state index in [2.05, 4.69) is 26.0 Å². The Bertz CT molecular complexity index is 1320. The van der Waals surface area contributed by atoms with Gasteiger partial charge in [-0.3, -0.25) is 4.79 Å². The molecule has 0 atom stereocenters. The molecule has 33 heavy (non-hydrogen) atoms. The van der Waals surface area contributed by atoms with Crippen molar-refractivity contribution in [3.05, 3.63) is 66.2 Å². The first kappa shape index (κ1) is 22.0. The van der Waals surface area contributed by atoms with Gasteiger partial charge in [-0.15, -0.1) is 10.2 Å². The SMILES string of the molecule is COc1ccc(/C=N/Nc2nnc(SCC(=O)Nc3cccc4ccccc34)n2N)cc1O. The number of hydrogen-bond acceptors (Lipinski definition) is 9. The zero-order valence-corrected chi connectivity index (χ0v) is 18.4. The van der Waals surface area contributed by atoms with Crippen LogP contribution in [0.25, 0.3) is 10.8 Å². The van der Waals surface area contributed by atoms with Gasteiger partial charge in [-0.05, 0) is 35.2 Å². The number of nitrogens with zero attached hydrogens (tertiary/aromatic N) is 4. The van der Waals surface area contributed by atoms with Gasteiger partial charge in [-0.1, -0.05) is 48.2 Å². The van der Waals surface area contributed by atoms with Crippen molar-refractivity contribution in [3.8, 4) is 11.5 Å². The number of rotatable bonds is 8. The van der Waals surface area contributed by atoms with Gasteiger partial charge in [0.05, 0.1) is 19.1 Å². The quantitative estimate of drug-likeness (QED) is 0.135. The van der Waals surface area contributed by atoms with Crippen LogP contribution in [0.15, 0.2) is 70.9 Å². The molecule has 1 aromatic heterocycles. The number of amides is 1. The number of nitrogens with two attached hydrogens (primary N) is 1. The topological polar surface area (TPSA) is 140 Å². The van der Waals surface area contributed by atoms with Gasteiger partial charge in [-0.2, -0.15) is 5.10 Å². The predicted molar refractivity (Wildman–Crippen MR) is 129 cm³/mol. The van der Waals surface area contributed by atoms with E-state index in [1.807, 2.05) is 42.5 Å². The van der Waals surface area contributed by atoms with Crippen LogP contribution in [-0.2, 0) is 4.79 Å². The van der Waals surface area contributed by atoms with Crippen LogP contribution >= 0.6 is 11.8 Å². The van der Waals surface area contributed by atoms with Crippen molar-refractivity contribution in [3.63, 3.8) is 0 Å². The Morgan fingerprint density at radius 2 is 2.03 bits per heavy atom. The highest BCUT2D eigenvalue weighted by Gasteiger charge is 2.13. The van der Waals surface area contributed by atoms with Gasteiger partial charge in [0, 0.05) is 11.1 Å². The molecule has 4 aromatic rings. The second-order valence-electron chi connectivity index (χ2n) is 6.84. The molecule has 0 aliphatic heterocycles. The summed E-state index contributed by atoms with van der Waals surface area (Å²) in [5, 5.41) is 27.1. The van der Waals surface area contributed by atoms with E-state index in [1.54, 1.807) is 12.1 Å². The average Bonchev–Trinajstić information content (AvgIpc) is 3.17. The molecule has 4 rings (SSSR count). The Balaban J connectivity index is 1.34. The number of benzene rings is 3. The standard InChI is InChI=1S/C22H21N7O3S/c1-32-19-10-9-14(11-18(19)30)12-24-26-21-27-28-22(29(21)23)33-13-20(31)25-17-8-4-6-15-5-2-3-7-16(15)17/h2-12,30H,13,23H2,1H3,(H,25,31)(H,26,27)/b24-12+. The van der Waals surface area contributed by atoms with E-state index >= 15 is 0 Å². The van der Waals surface area contributed by atoms with Gasteiger partial charge in [0.1, 0.15) is 0 Å². The van der Waals surface area contributed by atoms with E-state index in [0.717, 1.165) is 28.2 Å². The number of aromatic nitrogens is 3. The molecule has 0 aliphatic rings. The van der Waals surface area contributed by atoms with Crippen molar-refractivity contribution in [1.29, 1.82) is 0 Å². The third kappa shape index (κ3) is 5.15. The number of hydrazone groups is 1. The number of carbonyl (C=O) groups excluding carboxylic acids is 1. The number of thioether (sulfide) groups is 1. The summed E-state index contributed by atoms with van der Waals surface area (Å²) in [5.74, 6) is 6.49. The first-order valence-corrected chi connectivity index (χ1v) is 10.8. The molecule has 5 N–H and O–H groups in total. The second kappa shape index (κ2) is 9.92. The lowest BCUT2D eigenvalue weighted by Gasteiger charge is -2.08. The van der Waals surface area contributed by atoms with Crippen molar-refractivity contribution in [2.75, 3.05) is 29.4 Å². The Morgan fingerprint density at radius 1 is 1.21 bits per heavy atom. The van der Waals surface area contributed by atoms with E-state index in [4.69, 9.17) is 10.6 Å². The fourth-order valence-electron chi connectivity index (χ4n) is 3.05. The van der Waals surface area contributed by atoms with Crippen molar-refractivity contribution >= 4 is 46.3 Å². The second-order valence-corrected chi connectivity index (χ2v) is 7.78. The average molecular weight is 464 g/mol. The number of nitrogens with one attached hydrogen (secondary N) is 2. The number of hydrogen-bond donors (Lipinski definition) is 4. The lowest BCUT2D eigenvalue weighted by atomic mass is 10.1. The molecule has 1 heterocycles. The first-order valence-electron chi connectivity index (χ1n) is 9.82. The van der Waals surface area contributed by atoms with Gasteiger partial charge >= 0.3 is 0 Å². The molecule has 0 fully saturated rings. The number of phenols is 1. The minimum Gasteiger partial charge on any atom is -0.504 e. The number of ether oxygens (including phenoxy) is 1. The smallest absolute Gasteiger partial charge is 0.264 e. The zero-order chi connectivity index (χ0) is 23.2. The highest BCUT2D eigenvalue weighted by atomic mass is 32.2. The molecule has 0 saturated carbocycles. The van der Waals surface area contributed by atoms with Gasteiger partial charge < -0.3 is 21.0 Å². The summed E-state index contributed by atoms with van der Waals surface area (Å²) >= 11 is 1.15. The minimum atomic E-state index is -0.189. The molecular weight excluding hydrogens is 442 g/mol. The number of carbonyl (C=O) groups is 1. The molecule has 0 aliphatic carbocycles. The minimum absolute atomic E-state index is 0.00362. The summed E-state index contributed by atoms with van der Waals surface area (Å²) in [7, 11) is 1.47. The zero-order valence-electron chi connectivity index (χ0n) is 17.6. The molecule has 11 heteroatoms. The summed E-state index contributed by atoms with van der Waals surface area (Å²) in [6, 6.07) is 18.4. The Kier molecular flexibility index (Phi) is 6.60. The van der Waals surface area contributed by atoms with Crippen LogP contribution in [0.5, 0.6) is 11.5 Å². The number of aromatic hydroxyl groups is 1. The fraction of sp³-hybridized carbons (Fsp3) is 0.0909. The van der Waals surface area contributed by atoms with Gasteiger partial charge in [-0.25, -0.2) is 10.1 Å². The lowest BCUT2D eigenvalue weighted by Crippen LogP contribution is -2.17. The van der Waals surface area contributed by atoms with E-state index in [9.17, 15) is 9.90 Å². The van der Waals surface area contributed by atoms with Crippen molar-refractivity contribution in [2.45, 2.75) is 5.16 Å². The van der Waals surface area contributed by atoms with Gasteiger partial charge in [0.15, 0.2) is 11.5 Å². The van der Waals surface area contributed by atoms with Crippen molar-refractivity contribution < 1.29 is 14.6 Å². The maximum Gasteiger partial charge on any atom is 0.264 e. The van der Waals surface area contributed by atoms with Crippen molar-refractivity contribution in [1.82, 2.24) is 14.9 Å². The van der Waals surface area contributed by atoms with Crippen LogP contribution in [0.4, 0.5) is 11.6 Å². The first-order chi connectivity index (χ1) is 16.0. The van der Waals surface area contributed by atoms with E-state index in [-0.39, 0.29) is 23.4 Å². The normalized spacial score (nSPS) is 11.1. The molecule has 0 radical (unpaired) electrons. The van der Waals surface area contributed by atoms with Crippen LogP contribution < -0.4 is 21.3 Å². The van der Waals surface area contributed by atoms with Crippen LogP contribution in [0, 0.1) is 0 Å². The lowest BCUT2D eigenvalue weighted by molar-refractivity contribution is -0.113. The molecule has 10 nitrogen and oxygen atoms in total. The predicted octanol–water partition coefficient (Wildman–Crippen LogP) is 3.04. The van der Waals surface area contributed by atoms with E-state index < -0.39 is 0 Å². The molecule has 0 spiro atoms. The van der Waals surface area contributed by atoms with Crippen LogP contribution in [-0.4, -0.2) is 45.0 Å². The summed E-state index contributed by atoms with van der Waals surface area (Å²) in [4.78, 5) is 12.5. The van der Waals surface area contributed by atoms with E-state index in [0.29, 0.717) is 16.5 Å². The highest BCUT2D eigenvalue weighted by molar-refractivity contribution is 7.99. The monoisotopic (exact) mass is 463 g/mol. The third-order valence-electron chi connectivity index (χ3n) is 4.64. The highest BCUT2D eigenvalue weighted by Crippen LogP contribution is 2.26. The molecule has 168 valence electrons. The van der Waals surface area contributed by atoms with Crippen LogP contribution in [0.2, 0.25) is 0 Å². The van der Waals surface area contributed by atoms with Crippen molar-refractivity contribution in [2.24, 2.45) is 5.10 Å². The third-order valence-corrected chi connectivity index (χ3v) is 5.58. The summed E-state index contributed by atoms with van der Waals surface area (Å²) in [6.45, 7) is 0. The number of anilines is 2. The van der Waals surface area contributed by atoms with Gasteiger partial charge in [0.2, 0.25) is 11.1 Å². The fourth-order valence-corrected chi connectivity index (χ4v) is 3.71. The summed E-state index contributed by atoms with van der Waals surface area (Å²) < 4.78 is 6.21. The molecular formula is C22H21N7O3S. The molecule has 3 aromatic carbocycles. The summed E-state index contributed by atoms with van der Waals surface area (Å²) in [6.07, 6.45) is 1.48. The van der Waals surface area contributed by atoms with Crippen LogP contribution in [0.1, 0.15) is 5.56 Å². The molecule has 1 amide bonds. The van der Waals surface area contributed by atoms with Crippen LogP contribution in [0.3, 0.4) is 0 Å².